The maximum atomic E-state index is 14.2. The van der Waals surface area contributed by atoms with Crippen LogP contribution in [0.3, 0.4) is 0 Å². The van der Waals surface area contributed by atoms with Crippen molar-refractivity contribution in [1.29, 1.82) is 0 Å². The van der Waals surface area contributed by atoms with Crippen LogP contribution in [0.2, 0.25) is 10.0 Å². The number of amides is 2. The Morgan fingerprint density at radius 2 is 1.36 bits per heavy atom. The zero-order valence-electron chi connectivity index (χ0n) is 25.2. The van der Waals surface area contributed by atoms with Gasteiger partial charge in [0.05, 0.1) is 10.6 Å². The molecule has 4 rings (SSSR count). The number of rotatable bonds is 13. The van der Waals surface area contributed by atoms with E-state index in [2.05, 4.69) is 5.32 Å². The van der Waals surface area contributed by atoms with Gasteiger partial charge >= 0.3 is 0 Å². The van der Waals surface area contributed by atoms with Gasteiger partial charge in [0.2, 0.25) is 11.8 Å². The van der Waals surface area contributed by atoms with Crippen LogP contribution < -0.4 is 14.4 Å². The summed E-state index contributed by atoms with van der Waals surface area (Å²) < 4.78 is 35.0. The highest BCUT2D eigenvalue weighted by Gasteiger charge is 2.33. The number of hydrogen-bond acceptors (Lipinski definition) is 5. The van der Waals surface area contributed by atoms with Crippen LogP contribution in [0.4, 0.5) is 5.69 Å². The summed E-state index contributed by atoms with van der Waals surface area (Å²) in [5.41, 5.74) is 0.678. The van der Waals surface area contributed by atoms with Crippen molar-refractivity contribution in [3.05, 3.63) is 119 Å². The zero-order valence-corrected chi connectivity index (χ0v) is 27.5. The Balaban J connectivity index is 1.72. The third-order valence-corrected chi connectivity index (χ3v) is 9.77. The van der Waals surface area contributed by atoms with Crippen LogP contribution in [0.1, 0.15) is 32.8 Å². The SMILES string of the molecule is CC[C@@H](C)NC(=O)[C@@H](C)N(Cc1c(Cl)cccc1Cl)C(=O)CN(c1ccc(Oc2ccccc2)cc1)S(=O)(=O)c1ccccc1. The number of anilines is 1. The summed E-state index contributed by atoms with van der Waals surface area (Å²) in [5.74, 6) is 0.0917. The first-order valence-electron chi connectivity index (χ1n) is 14.4. The molecule has 0 heterocycles. The molecule has 0 aliphatic carbocycles. The molecule has 4 aromatic rings. The van der Waals surface area contributed by atoms with Crippen molar-refractivity contribution in [3.63, 3.8) is 0 Å². The second kappa shape index (κ2) is 15.3. The first-order valence-corrected chi connectivity index (χ1v) is 16.6. The number of carbonyl (C=O) groups is 2. The summed E-state index contributed by atoms with van der Waals surface area (Å²) in [4.78, 5) is 28.7. The Bertz CT molecular complexity index is 1690. The number of ether oxygens (including phenoxy) is 1. The topological polar surface area (TPSA) is 96.0 Å². The number of carbonyl (C=O) groups excluding carboxylic acids is 2. The van der Waals surface area contributed by atoms with Gasteiger partial charge in [-0.2, -0.15) is 0 Å². The van der Waals surface area contributed by atoms with Crippen molar-refractivity contribution in [1.82, 2.24) is 10.2 Å². The van der Waals surface area contributed by atoms with Gasteiger partial charge in [-0.3, -0.25) is 13.9 Å². The zero-order chi connectivity index (χ0) is 32.6. The normalized spacial score (nSPS) is 12.6. The smallest absolute Gasteiger partial charge is 0.264 e. The summed E-state index contributed by atoms with van der Waals surface area (Å²) in [6.45, 7) is 4.67. The van der Waals surface area contributed by atoms with Gasteiger partial charge in [0, 0.05) is 28.2 Å². The third-order valence-electron chi connectivity index (χ3n) is 7.27. The monoisotopic (exact) mass is 667 g/mol. The van der Waals surface area contributed by atoms with Crippen LogP contribution in [0, 0.1) is 0 Å². The first-order chi connectivity index (χ1) is 21.5. The number of halogens is 2. The second-order valence-corrected chi connectivity index (χ2v) is 13.1. The molecule has 0 spiro atoms. The van der Waals surface area contributed by atoms with Crippen LogP contribution >= 0.6 is 23.2 Å². The fourth-order valence-electron chi connectivity index (χ4n) is 4.46. The minimum absolute atomic E-state index is 0.00525. The van der Waals surface area contributed by atoms with Crippen LogP contribution in [0.15, 0.2) is 108 Å². The lowest BCUT2D eigenvalue weighted by Gasteiger charge is -2.33. The Morgan fingerprint density at radius 1 is 0.800 bits per heavy atom. The molecule has 0 bridgehead atoms. The molecule has 0 radical (unpaired) electrons. The molecule has 45 heavy (non-hydrogen) atoms. The molecule has 0 fully saturated rings. The summed E-state index contributed by atoms with van der Waals surface area (Å²) in [6, 6.07) is 27.3. The Kier molecular flexibility index (Phi) is 11.5. The lowest BCUT2D eigenvalue weighted by atomic mass is 10.1. The van der Waals surface area contributed by atoms with Crippen molar-refractivity contribution in [2.75, 3.05) is 10.8 Å². The van der Waals surface area contributed by atoms with E-state index < -0.39 is 28.5 Å². The summed E-state index contributed by atoms with van der Waals surface area (Å²) in [5, 5.41) is 3.54. The van der Waals surface area contributed by atoms with E-state index in [0.717, 1.165) is 4.31 Å². The molecule has 1 N–H and O–H groups in total. The second-order valence-electron chi connectivity index (χ2n) is 10.4. The lowest BCUT2D eigenvalue weighted by molar-refractivity contribution is -0.139. The molecule has 2 amide bonds. The molecule has 8 nitrogen and oxygen atoms in total. The number of benzene rings is 4. The van der Waals surface area contributed by atoms with Crippen molar-refractivity contribution < 1.29 is 22.7 Å². The molecule has 0 saturated carbocycles. The minimum atomic E-state index is -4.22. The average molecular weight is 669 g/mol. The number of para-hydroxylation sites is 1. The van der Waals surface area contributed by atoms with Gasteiger partial charge in [-0.15, -0.1) is 0 Å². The van der Waals surface area contributed by atoms with E-state index in [1.165, 1.54) is 17.0 Å². The molecule has 0 aliphatic heterocycles. The van der Waals surface area contributed by atoms with Crippen molar-refractivity contribution in [3.8, 4) is 11.5 Å². The quantitative estimate of drug-likeness (QED) is 0.161. The predicted molar refractivity (Wildman–Crippen MR) is 178 cm³/mol. The fraction of sp³-hybridized carbons (Fsp3) is 0.235. The van der Waals surface area contributed by atoms with E-state index in [1.54, 1.807) is 79.7 Å². The highest BCUT2D eigenvalue weighted by molar-refractivity contribution is 7.92. The summed E-state index contributed by atoms with van der Waals surface area (Å²) in [7, 11) is -4.22. The molecule has 236 valence electrons. The summed E-state index contributed by atoms with van der Waals surface area (Å²) in [6.07, 6.45) is 0.690. The van der Waals surface area contributed by atoms with Crippen LogP contribution in [0.5, 0.6) is 11.5 Å². The van der Waals surface area contributed by atoms with Crippen molar-refractivity contribution in [2.24, 2.45) is 0 Å². The molecule has 4 aromatic carbocycles. The standard InChI is InChI=1S/C34H35Cl2N3O5S/c1-4-24(2)37-34(41)25(3)38(22-30-31(35)16-11-17-32(30)36)33(40)23-39(45(42,43)29-14-9-6-10-15-29)26-18-20-28(21-19-26)44-27-12-7-5-8-13-27/h5-21,24-25H,4,22-23H2,1-3H3,(H,37,41)/t24-,25-/m1/s1. The van der Waals surface area contributed by atoms with Gasteiger partial charge in [-0.05, 0) is 80.9 Å². The Hall–Kier alpha value is -4.05. The van der Waals surface area contributed by atoms with Crippen molar-refractivity contribution in [2.45, 2.75) is 50.7 Å². The maximum Gasteiger partial charge on any atom is 0.264 e. The van der Waals surface area contributed by atoms with Gasteiger partial charge < -0.3 is 15.0 Å². The molecule has 0 saturated heterocycles. The average Bonchev–Trinajstić information content (AvgIpc) is 3.04. The molecule has 0 unspecified atom stereocenters. The van der Waals surface area contributed by atoms with E-state index in [4.69, 9.17) is 27.9 Å². The lowest BCUT2D eigenvalue weighted by Crippen LogP contribution is -2.52. The molecule has 0 aromatic heterocycles. The van der Waals surface area contributed by atoms with Gasteiger partial charge in [0.15, 0.2) is 0 Å². The number of nitrogens with zero attached hydrogens (tertiary/aromatic N) is 2. The largest absolute Gasteiger partial charge is 0.457 e. The van der Waals surface area contributed by atoms with Gasteiger partial charge in [0.25, 0.3) is 10.0 Å². The Morgan fingerprint density at radius 3 is 1.93 bits per heavy atom. The van der Waals surface area contributed by atoms with Crippen LogP contribution in [-0.2, 0) is 26.2 Å². The molecular weight excluding hydrogens is 633 g/mol. The number of nitrogens with one attached hydrogen (secondary N) is 1. The van der Waals surface area contributed by atoms with Crippen LogP contribution in [0.25, 0.3) is 0 Å². The summed E-state index contributed by atoms with van der Waals surface area (Å²) >= 11 is 12.9. The third kappa shape index (κ3) is 8.57. The predicted octanol–water partition coefficient (Wildman–Crippen LogP) is 7.31. The minimum Gasteiger partial charge on any atom is -0.457 e. The van der Waals surface area contributed by atoms with Crippen LogP contribution in [-0.4, -0.2) is 43.8 Å². The maximum absolute atomic E-state index is 14.2. The van der Waals surface area contributed by atoms with E-state index >= 15 is 0 Å². The number of hydrogen-bond donors (Lipinski definition) is 1. The molecule has 2 atom stereocenters. The Labute approximate surface area is 274 Å². The van der Waals surface area contributed by atoms with Gasteiger partial charge in [-0.25, -0.2) is 8.42 Å². The molecule has 11 heteroatoms. The van der Waals surface area contributed by atoms with Crippen molar-refractivity contribution >= 4 is 50.7 Å². The molecule has 0 aliphatic rings. The van der Waals surface area contributed by atoms with Gasteiger partial charge in [0.1, 0.15) is 24.1 Å². The highest BCUT2D eigenvalue weighted by atomic mass is 35.5. The van der Waals surface area contributed by atoms with E-state index in [0.29, 0.717) is 33.5 Å². The first kappa shape index (κ1) is 33.8. The highest BCUT2D eigenvalue weighted by Crippen LogP contribution is 2.30. The molecular formula is C34H35Cl2N3O5S. The van der Waals surface area contributed by atoms with E-state index in [9.17, 15) is 18.0 Å². The number of sulfonamides is 1. The van der Waals surface area contributed by atoms with E-state index in [1.807, 2.05) is 32.0 Å². The van der Waals surface area contributed by atoms with Gasteiger partial charge in [-0.1, -0.05) is 72.6 Å². The fourth-order valence-corrected chi connectivity index (χ4v) is 6.41. The van der Waals surface area contributed by atoms with E-state index in [-0.39, 0.29) is 29.1 Å².